The first-order chi connectivity index (χ1) is 11.1. The Kier molecular flexibility index (Phi) is 5.68. The molecule has 0 saturated carbocycles. The van der Waals surface area contributed by atoms with Crippen molar-refractivity contribution >= 4 is 23.2 Å². The monoisotopic (exact) mass is 316 g/mol. The summed E-state index contributed by atoms with van der Waals surface area (Å²) in [7, 11) is 0. The zero-order valence-corrected chi connectivity index (χ0v) is 13.3. The van der Waals surface area contributed by atoms with Gasteiger partial charge in [-0.15, -0.1) is 0 Å². The predicted octanol–water partition coefficient (Wildman–Crippen LogP) is 3.44. The number of ether oxygens (including phenoxy) is 1. The van der Waals surface area contributed by atoms with E-state index in [1.165, 1.54) is 0 Å². The molecule has 2 aromatic rings. The number of esters is 1. The summed E-state index contributed by atoms with van der Waals surface area (Å²) < 4.78 is 10.3. The summed E-state index contributed by atoms with van der Waals surface area (Å²) in [6.07, 6.45) is 2.49. The van der Waals surface area contributed by atoms with Gasteiger partial charge in [-0.3, -0.25) is 0 Å². The van der Waals surface area contributed by atoms with E-state index in [9.17, 15) is 14.4 Å². The highest BCUT2D eigenvalue weighted by Crippen LogP contribution is 2.32. The lowest BCUT2D eigenvalue weighted by molar-refractivity contribution is -0.108. The number of rotatable bonds is 7. The molecule has 0 amide bonds. The number of hydrogen-bond donors (Lipinski definition) is 0. The van der Waals surface area contributed by atoms with E-state index in [1.54, 1.807) is 19.1 Å². The van der Waals surface area contributed by atoms with Gasteiger partial charge in [0.15, 0.2) is 0 Å². The SMILES string of the molecule is CCOC(=O)c1c([C@H](CC)CCC=O)c2ccccc2oc1=O. The molecular formula is C18H20O5. The maximum Gasteiger partial charge on any atom is 0.351 e. The summed E-state index contributed by atoms with van der Waals surface area (Å²) >= 11 is 0. The molecule has 0 fully saturated rings. The van der Waals surface area contributed by atoms with E-state index in [2.05, 4.69) is 0 Å². The smallest absolute Gasteiger partial charge is 0.351 e. The molecule has 0 spiro atoms. The molecule has 0 unspecified atom stereocenters. The summed E-state index contributed by atoms with van der Waals surface area (Å²) in [5, 5.41) is 0.716. The van der Waals surface area contributed by atoms with Gasteiger partial charge in [0, 0.05) is 11.8 Å². The molecule has 0 N–H and O–H groups in total. The van der Waals surface area contributed by atoms with Gasteiger partial charge >= 0.3 is 11.6 Å². The number of carbonyl (C=O) groups is 2. The van der Waals surface area contributed by atoms with Crippen molar-refractivity contribution in [2.24, 2.45) is 0 Å². The first-order valence-corrected chi connectivity index (χ1v) is 7.80. The maximum atomic E-state index is 12.3. The summed E-state index contributed by atoms with van der Waals surface area (Å²) in [5.74, 6) is -0.764. The highest BCUT2D eigenvalue weighted by atomic mass is 16.5. The number of fused-ring (bicyclic) bond motifs is 1. The molecule has 5 nitrogen and oxygen atoms in total. The zero-order valence-electron chi connectivity index (χ0n) is 13.3. The van der Waals surface area contributed by atoms with Gasteiger partial charge in [-0.05, 0) is 37.3 Å². The predicted molar refractivity (Wildman–Crippen MR) is 86.8 cm³/mol. The van der Waals surface area contributed by atoms with Crippen LogP contribution in [0.3, 0.4) is 0 Å². The van der Waals surface area contributed by atoms with Crippen LogP contribution < -0.4 is 5.63 Å². The molecule has 5 heteroatoms. The Balaban J connectivity index is 2.73. The molecule has 1 aromatic heterocycles. The lowest BCUT2D eigenvalue weighted by Gasteiger charge is -2.18. The van der Waals surface area contributed by atoms with E-state index in [0.717, 1.165) is 6.29 Å². The van der Waals surface area contributed by atoms with E-state index in [0.29, 0.717) is 35.8 Å². The normalized spacial score (nSPS) is 12.1. The first-order valence-electron chi connectivity index (χ1n) is 7.80. The van der Waals surface area contributed by atoms with E-state index in [4.69, 9.17) is 9.15 Å². The molecule has 23 heavy (non-hydrogen) atoms. The molecule has 0 aliphatic heterocycles. The van der Waals surface area contributed by atoms with Gasteiger partial charge in [-0.1, -0.05) is 25.1 Å². The van der Waals surface area contributed by atoms with Crippen LogP contribution in [0.2, 0.25) is 0 Å². The van der Waals surface area contributed by atoms with Gasteiger partial charge in [0.1, 0.15) is 17.4 Å². The fourth-order valence-electron chi connectivity index (χ4n) is 2.82. The second-order valence-corrected chi connectivity index (χ2v) is 5.24. The average Bonchev–Trinajstić information content (AvgIpc) is 2.55. The Hall–Kier alpha value is -2.43. The van der Waals surface area contributed by atoms with Crippen LogP contribution in [0.25, 0.3) is 11.0 Å². The zero-order chi connectivity index (χ0) is 16.8. The third-order valence-corrected chi connectivity index (χ3v) is 3.87. The summed E-state index contributed by atoms with van der Waals surface area (Å²) in [5.41, 5.74) is 0.315. The Morgan fingerprint density at radius 1 is 1.30 bits per heavy atom. The van der Waals surface area contributed by atoms with Crippen LogP contribution in [0.1, 0.15) is 54.9 Å². The Morgan fingerprint density at radius 2 is 2.04 bits per heavy atom. The molecule has 0 radical (unpaired) electrons. The van der Waals surface area contributed by atoms with Crippen LogP contribution in [-0.4, -0.2) is 18.9 Å². The number of aldehydes is 1. The lowest BCUT2D eigenvalue weighted by atomic mass is 9.87. The molecule has 2 rings (SSSR count). The standard InChI is InChI=1S/C18H20O5/c1-3-12(8-7-11-19)15-13-9-5-6-10-14(13)23-18(21)16(15)17(20)22-4-2/h5-6,9-12H,3-4,7-8H2,1-2H3/t12-/m1/s1. The van der Waals surface area contributed by atoms with E-state index in [1.807, 2.05) is 19.1 Å². The highest BCUT2D eigenvalue weighted by molar-refractivity contribution is 5.96. The van der Waals surface area contributed by atoms with Crippen molar-refractivity contribution in [3.05, 3.63) is 45.8 Å². The number of para-hydroxylation sites is 1. The molecular weight excluding hydrogens is 296 g/mol. The highest BCUT2D eigenvalue weighted by Gasteiger charge is 2.26. The fourth-order valence-corrected chi connectivity index (χ4v) is 2.82. The molecule has 122 valence electrons. The largest absolute Gasteiger partial charge is 0.462 e. The maximum absolute atomic E-state index is 12.3. The minimum absolute atomic E-state index is 0.0525. The topological polar surface area (TPSA) is 73.6 Å². The van der Waals surface area contributed by atoms with Gasteiger partial charge < -0.3 is 13.9 Å². The second kappa shape index (κ2) is 7.72. The van der Waals surface area contributed by atoms with Crippen molar-refractivity contribution in [3.8, 4) is 0 Å². The van der Waals surface area contributed by atoms with Crippen LogP contribution in [0, 0.1) is 0 Å². The van der Waals surface area contributed by atoms with E-state index < -0.39 is 11.6 Å². The Morgan fingerprint density at radius 3 is 2.70 bits per heavy atom. The average molecular weight is 316 g/mol. The number of carbonyl (C=O) groups excluding carboxylic acids is 2. The number of hydrogen-bond acceptors (Lipinski definition) is 5. The van der Waals surface area contributed by atoms with Crippen molar-refractivity contribution < 1.29 is 18.7 Å². The molecule has 1 aromatic carbocycles. The fraction of sp³-hybridized carbons (Fsp3) is 0.389. The number of benzene rings is 1. The van der Waals surface area contributed by atoms with Crippen molar-refractivity contribution in [2.45, 2.75) is 39.0 Å². The third-order valence-electron chi connectivity index (χ3n) is 3.87. The van der Waals surface area contributed by atoms with Crippen molar-refractivity contribution in [1.29, 1.82) is 0 Å². The van der Waals surface area contributed by atoms with Crippen LogP contribution in [-0.2, 0) is 9.53 Å². The summed E-state index contributed by atoms with van der Waals surface area (Å²) in [4.78, 5) is 35.3. The van der Waals surface area contributed by atoms with Gasteiger partial charge in [0.25, 0.3) is 0 Å². The summed E-state index contributed by atoms with van der Waals surface area (Å²) in [6.45, 7) is 3.83. The Labute approximate surface area is 134 Å². The van der Waals surface area contributed by atoms with Crippen molar-refractivity contribution in [3.63, 3.8) is 0 Å². The van der Waals surface area contributed by atoms with Crippen LogP contribution in [0.5, 0.6) is 0 Å². The van der Waals surface area contributed by atoms with Gasteiger partial charge in [0.05, 0.1) is 6.61 Å². The summed E-state index contributed by atoms with van der Waals surface area (Å²) in [6, 6.07) is 7.11. The van der Waals surface area contributed by atoms with Gasteiger partial charge in [0.2, 0.25) is 0 Å². The van der Waals surface area contributed by atoms with Crippen LogP contribution in [0.4, 0.5) is 0 Å². The lowest BCUT2D eigenvalue weighted by Crippen LogP contribution is -2.21. The second-order valence-electron chi connectivity index (χ2n) is 5.24. The minimum Gasteiger partial charge on any atom is -0.462 e. The van der Waals surface area contributed by atoms with Crippen LogP contribution >= 0.6 is 0 Å². The van der Waals surface area contributed by atoms with E-state index >= 15 is 0 Å². The third kappa shape index (κ3) is 3.50. The van der Waals surface area contributed by atoms with Crippen LogP contribution in [0.15, 0.2) is 33.5 Å². The molecule has 1 atom stereocenters. The molecule has 1 heterocycles. The van der Waals surface area contributed by atoms with Gasteiger partial charge in [-0.2, -0.15) is 0 Å². The molecule has 0 saturated heterocycles. The quantitative estimate of drug-likeness (QED) is 0.444. The molecule has 0 bridgehead atoms. The van der Waals surface area contributed by atoms with E-state index in [-0.39, 0.29) is 18.1 Å². The first kappa shape index (κ1) is 16.9. The Bertz CT molecular complexity index is 760. The van der Waals surface area contributed by atoms with Gasteiger partial charge in [-0.25, -0.2) is 9.59 Å². The molecule has 0 aliphatic carbocycles. The molecule has 0 aliphatic rings. The van der Waals surface area contributed by atoms with Crippen molar-refractivity contribution in [1.82, 2.24) is 0 Å². The van der Waals surface area contributed by atoms with Crippen molar-refractivity contribution in [2.75, 3.05) is 6.61 Å². The minimum atomic E-state index is -0.693.